The lowest BCUT2D eigenvalue weighted by Crippen LogP contribution is -2.31. The van der Waals surface area contributed by atoms with Crippen LogP contribution in [0.4, 0.5) is 4.39 Å². The fourth-order valence-electron chi connectivity index (χ4n) is 3.26. The molecule has 0 radical (unpaired) electrons. The van der Waals surface area contributed by atoms with E-state index >= 15 is 0 Å². The maximum absolute atomic E-state index is 13.2. The monoisotopic (exact) mass is 365 g/mol. The van der Waals surface area contributed by atoms with Gasteiger partial charge in [0, 0.05) is 25.4 Å². The highest BCUT2D eigenvalue weighted by atomic mass is 19.1. The third-order valence-corrected chi connectivity index (χ3v) is 4.72. The van der Waals surface area contributed by atoms with Crippen molar-refractivity contribution in [2.24, 2.45) is 0 Å². The molecule has 1 amide bonds. The van der Waals surface area contributed by atoms with E-state index in [1.807, 2.05) is 42.2 Å². The van der Waals surface area contributed by atoms with E-state index < -0.39 is 0 Å². The van der Waals surface area contributed by atoms with Gasteiger partial charge in [-0.15, -0.1) is 0 Å². The van der Waals surface area contributed by atoms with Crippen molar-refractivity contribution in [1.29, 1.82) is 0 Å². The molecular weight excluding hydrogens is 341 g/mol. The van der Waals surface area contributed by atoms with Crippen molar-refractivity contribution in [3.05, 3.63) is 95.7 Å². The van der Waals surface area contributed by atoms with Gasteiger partial charge in [0.2, 0.25) is 5.91 Å². The van der Waals surface area contributed by atoms with Crippen molar-refractivity contribution in [3.63, 3.8) is 0 Å². The second-order valence-corrected chi connectivity index (χ2v) is 6.56. The van der Waals surface area contributed by atoms with Crippen LogP contribution in [-0.4, -0.2) is 17.4 Å². The summed E-state index contributed by atoms with van der Waals surface area (Å²) in [5, 5.41) is 0. The molecule has 3 aromatic rings. The van der Waals surface area contributed by atoms with Gasteiger partial charge < -0.3 is 9.32 Å². The summed E-state index contributed by atoms with van der Waals surface area (Å²) in [6, 6.07) is 20.4. The van der Waals surface area contributed by atoms with Gasteiger partial charge in [0.05, 0.1) is 6.26 Å². The minimum atomic E-state index is -0.269. The second-order valence-electron chi connectivity index (χ2n) is 6.56. The van der Waals surface area contributed by atoms with E-state index in [4.69, 9.17) is 4.42 Å². The van der Waals surface area contributed by atoms with Crippen molar-refractivity contribution in [3.8, 4) is 0 Å². The molecule has 2 aromatic carbocycles. The molecule has 4 heteroatoms. The first kappa shape index (κ1) is 18.9. The third-order valence-electron chi connectivity index (χ3n) is 4.72. The Morgan fingerprint density at radius 2 is 1.78 bits per heavy atom. The SMILES string of the molecule is CCC(=O)N(CCC(c1ccccc1)c1ccco1)Cc1ccc(F)cc1. The average molecular weight is 365 g/mol. The Hall–Kier alpha value is -2.88. The second kappa shape index (κ2) is 9.17. The Morgan fingerprint density at radius 3 is 2.41 bits per heavy atom. The zero-order chi connectivity index (χ0) is 19.1. The normalized spacial score (nSPS) is 11.9. The molecule has 1 aromatic heterocycles. The van der Waals surface area contributed by atoms with Crippen LogP contribution in [0.25, 0.3) is 0 Å². The molecule has 1 atom stereocenters. The number of rotatable bonds is 8. The van der Waals surface area contributed by atoms with Crippen LogP contribution in [0.3, 0.4) is 0 Å². The predicted octanol–water partition coefficient (Wildman–Crippen LogP) is 5.38. The maximum atomic E-state index is 13.2. The minimum absolute atomic E-state index is 0.0848. The first-order valence-corrected chi connectivity index (χ1v) is 9.28. The number of hydrogen-bond donors (Lipinski definition) is 0. The van der Waals surface area contributed by atoms with Gasteiger partial charge in [0.25, 0.3) is 0 Å². The van der Waals surface area contributed by atoms with E-state index in [-0.39, 0.29) is 17.6 Å². The molecule has 0 N–H and O–H groups in total. The van der Waals surface area contributed by atoms with Crippen LogP contribution in [0.1, 0.15) is 42.6 Å². The highest BCUT2D eigenvalue weighted by molar-refractivity contribution is 5.75. The average Bonchev–Trinajstić information content (AvgIpc) is 3.23. The third kappa shape index (κ3) is 5.07. The molecule has 27 heavy (non-hydrogen) atoms. The number of hydrogen-bond acceptors (Lipinski definition) is 2. The predicted molar refractivity (Wildman–Crippen MR) is 104 cm³/mol. The smallest absolute Gasteiger partial charge is 0.222 e. The molecule has 3 nitrogen and oxygen atoms in total. The topological polar surface area (TPSA) is 33.5 Å². The molecule has 1 heterocycles. The molecule has 140 valence electrons. The summed E-state index contributed by atoms with van der Waals surface area (Å²) in [7, 11) is 0. The first-order valence-electron chi connectivity index (χ1n) is 9.28. The summed E-state index contributed by atoms with van der Waals surface area (Å²) in [5.74, 6) is 0.799. The van der Waals surface area contributed by atoms with Crippen LogP contribution in [0, 0.1) is 5.82 Å². The number of amides is 1. The Labute approximate surface area is 159 Å². The number of halogens is 1. The number of carbonyl (C=O) groups is 1. The maximum Gasteiger partial charge on any atom is 0.222 e. The number of furan rings is 1. The fourth-order valence-corrected chi connectivity index (χ4v) is 3.26. The number of benzene rings is 2. The van der Waals surface area contributed by atoms with Gasteiger partial charge in [-0.2, -0.15) is 0 Å². The van der Waals surface area contributed by atoms with Gasteiger partial charge in [-0.25, -0.2) is 4.39 Å². The first-order chi connectivity index (χ1) is 13.2. The van der Waals surface area contributed by atoms with Gasteiger partial charge in [-0.1, -0.05) is 49.4 Å². The molecule has 0 spiro atoms. The Balaban J connectivity index is 1.75. The van der Waals surface area contributed by atoms with Crippen molar-refractivity contribution >= 4 is 5.91 Å². The molecule has 0 aliphatic heterocycles. The van der Waals surface area contributed by atoms with Gasteiger partial charge in [-0.05, 0) is 41.8 Å². The molecule has 0 bridgehead atoms. The van der Waals surface area contributed by atoms with Gasteiger partial charge >= 0.3 is 0 Å². The van der Waals surface area contributed by atoms with E-state index in [0.29, 0.717) is 19.5 Å². The minimum Gasteiger partial charge on any atom is -0.469 e. The highest BCUT2D eigenvalue weighted by Gasteiger charge is 2.20. The van der Waals surface area contributed by atoms with Gasteiger partial charge in [-0.3, -0.25) is 4.79 Å². The van der Waals surface area contributed by atoms with Crippen molar-refractivity contribution < 1.29 is 13.6 Å². The largest absolute Gasteiger partial charge is 0.469 e. The van der Waals surface area contributed by atoms with E-state index in [2.05, 4.69) is 12.1 Å². The van der Waals surface area contributed by atoms with Crippen LogP contribution in [-0.2, 0) is 11.3 Å². The molecule has 0 saturated carbocycles. The Bertz CT molecular complexity index is 829. The summed E-state index contributed by atoms with van der Waals surface area (Å²) in [6.45, 7) is 2.94. The quantitative estimate of drug-likeness (QED) is 0.537. The zero-order valence-electron chi connectivity index (χ0n) is 15.5. The van der Waals surface area contributed by atoms with Crippen LogP contribution in [0.5, 0.6) is 0 Å². The van der Waals surface area contributed by atoms with Crippen molar-refractivity contribution in [2.45, 2.75) is 32.2 Å². The van der Waals surface area contributed by atoms with Gasteiger partial charge in [0.1, 0.15) is 11.6 Å². The molecular formula is C23H24FNO2. The standard InChI is InChI=1S/C23H24FNO2/c1-2-23(26)25(17-18-10-12-20(24)13-11-18)15-14-21(22-9-6-16-27-22)19-7-4-3-5-8-19/h3-13,16,21H,2,14-15,17H2,1H3. The molecule has 1 unspecified atom stereocenters. The molecule has 0 aliphatic carbocycles. The van der Waals surface area contributed by atoms with Crippen molar-refractivity contribution in [1.82, 2.24) is 4.90 Å². The van der Waals surface area contributed by atoms with Crippen LogP contribution >= 0.6 is 0 Å². The lowest BCUT2D eigenvalue weighted by Gasteiger charge is -2.25. The number of carbonyl (C=O) groups excluding carboxylic acids is 1. The fraction of sp³-hybridized carbons (Fsp3) is 0.261. The van der Waals surface area contributed by atoms with Crippen LogP contribution in [0.15, 0.2) is 77.4 Å². The van der Waals surface area contributed by atoms with E-state index in [0.717, 1.165) is 23.3 Å². The van der Waals surface area contributed by atoms with Crippen LogP contribution in [0.2, 0.25) is 0 Å². The lowest BCUT2D eigenvalue weighted by molar-refractivity contribution is -0.131. The Morgan fingerprint density at radius 1 is 1.04 bits per heavy atom. The summed E-state index contributed by atoms with van der Waals surface area (Å²) >= 11 is 0. The molecule has 0 fully saturated rings. The van der Waals surface area contributed by atoms with Crippen molar-refractivity contribution in [2.75, 3.05) is 6.54 Å². The summed E-state index contributed by atoms with van der Waals surface area (Å²) in [6.07, 6.45) is 2.88. The molecule has 0 saturated heterocycles. The van der Waals surface area contributed by atoms with E-state index in [1.54, 1.807) is 18.4 Å². The summed E-state index contributed by atoms with van der Waals surface area (Å²) in [4.78, 5) is 14.3. The summed E-state index contributed by atoms with van der Waals surface area (Å²) in [5.41, 5.74) is 2.09. The van der Waals surface area contributed by atoms with Gasteiger partial charge in [0.15, 0.2) is 0 Å². The lowest BCUT2D eigenvalue weighted by atomic mass is 9.93. The Kier molecular flexibility index (Phi) is 6.42. The highest BCUT2D eigenvalue weighted by Crippen LogP contribution is 2.29. The number of nitrogens with zero attached hydrogens (tertiary/aromatic N) is 1. The zero-order valence-corrected chi connectivity index (χ0v) is 15.5. The van der Waals surface area contributed by atoms with E-state index in [1.165, 1.54) is 12.1 Å². The van der Waals surface area contributed by atoms with Crippen LogP contribution < -0.4 is 0 Å². The van der Waals surface area contributed by atoms with E-state index in [9.17, 15) is 9.18 Å². The molecule has 3 rings (SSSR count). The molecule has 0 aliphatic rings. The summed E-state index contributed by atoms with van der Waals surface area (Å²) < 4.78 is 18.8.